The standard InChI is InChI=1S/C27H29ClN4O4/c1-34-26-18(28)7-3-9-20(26)30-25-22-23(16-6-2-8-19(16)31-27(22)33)32-24(25)17-10-11-29-13-21(17)36-14-15-5-4-12-35-15/h3,7,9-11,13,15-16,19,30,32H,2,4-6,8,12,14H2,1H3,(H,31,33)/t15-,16-,19+/m0/s1. The number of halogens is 1. The smallest absolute Gasteiger partial charge is 0.255 e. The maximum absolute atomic E-state index is 13.4. The number of carbonyl (C=O) groups is 1. The minimum Gasteiger partial charge on any atom is -0.493 e. The Balaban J connectivity index is 1.47. The fraction of sp³-hybridized carbons (Fsp3) is 0.407. The number of benzene rings is 1. The van der Waals surface area contributed by atoms with Crippen LogP contribution in [0.1, 0.15) is 54.1 Å². The predicted octanol–water partition coefficient (Wildman–Crippen LogP) is 5.42. The topological polar surface area (TPSA) is 97.5 Å². The van der Waals surface area contributed by atoms with Crippen LogP contribution in [0.3, 0.4) is 0 Å². The molecule has 2 aromatic heterocycles. The third-order valence-corrected chi connectivity index (χ3v) is 7.69. The summed E-state index contributed by atoms with van der Waals surface area (Å²) in [4.78, 5) is 21.3. The lowest BCUT2D eigenvalue weighted by molar-refractivity contribution is 0.0680. The number of ether oxygens (including phenoxy) is 3. The van der Waals surface area contributed by atoms with E-state index in [-0.39, 0.29) is 24.0 Å². The van der Waals surface area contributed by atoms with Gasteiger partial charge in [-0.15, -0.1) is 0 Å². The maximum Gasteiger partial charge on any atom is 0.255 e. The molecular weight excluding hydrogens is 480 g/mol. The Bertz CT molecular complexity index is 1290. The van der Waals surface area contributed by atoms with Crippen molar-refractivity contribution in [3.8, 4) is 22.8 Å². The third kappa shape index (κ3) is 4.08. The second-order valence-electron chi connectivity index (χ2n) is 9.54. The maximum atomic E-state index is 13.4. The van der Waals surface area contributed by atoms with Gasteiger partial charge in [-0.25, -0.2) is 0 Å². The third-order valence-electron chi connectivity index (χ3n) is 7.39. The lowest BCUT2D eigenvalue weighted by atomic mass is 9.91. The molecule has 3 aliphatic rings. The van der Waals surface area contributed by atoms with E-state index in [0.29, 0.717) is 40.1 Å². The number of para-hydroxylation sites is 1. The van der Waals surface area contributed by atoms with Crippen molar-refractivity contribution in [3.05, 3.63) is 52.9 Å². The molecule has 1 saturated carbocycles. The molecule has 0 unspecified atom stereocenters. The highest BCUT2D eigenvalue weighted by atomic mass is 35.5. The molecule has 2 fully saturated rings. The highest BCUT2D eigenvalue weighted by molar-refractivity contribution is 6.32. The minimum atomic E-state index is -0.0879. The zero-order chi connectivity index (χ0) is 24.6. The summed E-state index contributed by atoms with van der Waals surface area (Å²) in [6.07, 6.45) is 8.65. The van der Waals surface area contributed by atoms with Gasteiger partial charge >= 0.3 is 0 Å². The highest BCUT2D eigenvalue weighted by Crippen LogP contribution is 2.48. The fourth-order valence-electron chi connectivity index (χ4n) is 5.69. The molecule has 3 N–H and O–H groups in total. The average molecular weight is 509 g/mol. The number of H-pyrrole nitrogens is 1. The molecule has 0 bridgehead atoms. The summed E-state index contributed by atoms with van der Waals surface area (Å²) in [6, 6.07) is 7.56. The van der Waals surface area contributed by atoms with E-state index in [9.17, 15) is 4.79 Å². The Morgan fingerprint density at radius 2 is 2.14 bits per heavy atom. The van der Waals surface area contributed by atoms with Gasteiger partial charge < -0.3 is 29.8 Å². The van der Waals surface area contributed by atoms with Crippen LogP contribution < -0.4 is 20.1 Å². The number of nitrogens with one attached hydrogen (secondary N) is 3. The van der Waals surface area contributed by atoms with Crippen molar-refractivity contribution in [2.75, 3.05) is 25.6 Å². The Morgan fingerprint density at radius 1 is 1.22 bits per heavy atom. The summed E-state index contributed by atoms with van der Waals surface area (Å²) in [5, 5.41) is 7.18. The van der Waals surface area contributed by atoms with Gasteiger partial charge in [-0.05, 0) is 43.9 Å². The van der Waals surface area contributed by atoms with Crippen molar-refractivity contribution >= 4 is 28.9 Å². The van der Waals surface area contributed by atoms with Crippen LogP contribution in [0.25, 0.3) is 11.3 Å². The molecule has 0 spiro atoms. The van der Waals surface area contributed by atoms with Gasteiger partial charge in [0, 0.05) is 36.0 Å². The number of nitrogens with zero attached hydrogens (tertiary/aromatic N) is 1. The summed E-state index contributed by atoms with van der Waals surface area (Å²) in [5.74, 6) is 1.30. The number of fused-ring (bicyclic) bond motifs is 3. The second kappa shape index (κ2) is 9.67. The first-order chi connectivity index (χ1) is 17.6. The average Bonchev–Trinajstić information content (AvgIpc) is 3.64. The Labute approximate surface area is 214 Å². The molecule has 2 aliphatic heterocycles. The number of methoxy groups -OCH3 is 1. The molecule has 1 saturated heterocycles. The number of aromatic amines is 1. The lowest BCUT2D eigenvalue weighted by Gasteiger charge is -2.27. The summed E-state index contributed by atoms with van der Waals surface area (Å²) in [6.45, 7) is 1.22. The zero-order valence-electron chi connectivity index (χ0n) is 20.1. The van der Waals surface area contributed by atoms with E-state index in [2.05, 4.69) is 20.6 Å². The molecule has 36 heavy (non-hydrogen) atoms. The van der Waals surface area contributed by atoms with Crippen LogP contribution in [0.5, 0.6) is 11.5 Å². The van der Waals surface area contributed by atoms with E-state index < -0.39 is 0 Å². The largest absolute Gasteiger partial charge is 0.493 e. The van der Waals surface area contributed by atoms with Gasteiger partial charge in [-0.1, -0.05) is 24.1 Å². The molecule has 0 radical (unpaired) electrons. The number of pyridine rings is 1. The van der Waals surface area contributed by atoms with Gasteiger partial charge in [-0.2, -0.15) is 0 Å². The second-order valence-corrected chi connectivity index (χ2v) is 9.95. The van der Waals surface area contributed by atoms with Crippen molar-refractivity contribution in [3.63, 3.8) is 0 Å². The first kappa shape index (κ1) is 23.2. The SMILES string of the molecule is COc1c(Cl)cccc1Nc1c(-c2ccncc2OC[C@@H]2CCCO2)[nH]c2c1C(=O)N[C@@H]1CCC[C@H]21. The van der Waals surface area contributed by atoms with Crippen molar-refractivity contribution < 1.29 is 19.0 Å². The summed E-state index contributed by atoms with van der Waals surface area (Å²) < 4.78 is 17.5. The van der Waals surface area contributed by atoms with Crippen LogP contribution >= 0.6 is 11.6 Å². The van der Waals surface area contributed by atoms with Crippen LogP contribution in [0, 0.1) is 0 Å². The number of anilines is 2. The molecular formula is C27H29ClN4O4. The highest BCUT2D eigenvalue weighted by Gasteiger charge is 2.41. The molecule has 188 valence electrons. The molecule has 3 aromatic rings. The van der Waals surface area contributed by atoms with E-state index in [0.717, 1.165) is 55.7 Å². The van der Waals surface area contributed by atoms with Gasteiger partial charge in [-0.3, -0.25) is 9.78 Å². The van der Waals surface area contributed by atoms with Gasteiger partial charge in [0.1, 0.15) is 12.4 Å². The number of rotatable bonds is 7. The molecule has 6 rings (SSSR count). The normalized spacial score (nSPS) is 22.6. The van der Waals surface area contributed by atoms with Crippen LogP contribution in [0.2, 0.25) is 5.02 Å². The van der Waals surface area contributed by atoms with E-state index in [1.807, 2.05) is 18.2 Å². The Kier molecular flexibility index (Phi) is 6.23. The number of carbonyl (C=O) groups excluding carboxylic acids is 1. The number of amides is 1. The molecule has 1 aliphatic carbocycles. The summed E-state index contributed by atoms with van der Waals surface area (Å²) >= 11 is 6.41. The van der Waals surface area contributed by atoms with Crippen LogP contribution in [0.4, 0.5) is 11.4 Å². The van der Waals surface area contributed by atoms with Crippen molar-refractivity contribution in [2.24, 2.45) is 0 Å². The summed E-state index contributed by atoms with van der Waals surface area (Å²) in [5.41, 5.74) is 4.52. The molecule has 1 aromatic carbocycles. The lowest BCUT2D eigenvalue weighted by Crippen LogP contribution is -2.41. The van der Waals surface area contributed by atoms with Crippen LogP contribution in [-0.4, -0.2) is 48.3 Å². The van der Waals surface area contributed by atoms with Gasteiger partial charge in [0.25, 0.3) is 5.91 Å². The van der Waals surface area contributed by atoms with Crippen molar-refractivity contribution in [1.29, 1.82) is 0 Å². The van der Waals surface area contributed by atoms with E-state index in [4.69, 9.17) is 25.8 Å². The van der Waals surface area contributed by atoms with Crippen LogP contribution in [-0.2, 0) is 4.74 Å². The number of hydrogen-bond acceptors (Lipinski definition) is 6. The Hall–Kier alpha value is -3.23. The number of hydrogen-bond donors (Lipinski definition) is 3. The molecule has 8 nitrogen and oxygen atoms in total. The van der Waals surface area contributed by atoms with Crippen molar-refractivity contribution in [2.45, 2.75) is 50.2 Å². The van der Waals surface area contributed by atoms with E-state index in [1.165, 1.54) is 0 Å². The Morgan fingerprint density at radius 3 is 2.97 bits per heavy atom. The quantitative estimate of drug-likeness (QED) is 0.394. The van der Waals surface area contributed by atoms with E-state index in [1.54, 1.807) is 25.6 Å². The van der Waals surface area contributed by atoms with Crippen LogP contribution in [0.15, 0.2) is 36.7 Å². The molecule has 9 heteroatoms. The molecule has 1 amide bonds. The van der Waals surface area contributed by atoms with E-state index >= 15 is 0 Å². The van der Waals surface area contributed by atoms with Gasteiger partial charge in [0.15, 0.2) is 5.75 Å². The van der Waals surface area contributed by atoms with Crippen molar-refractivity contribution in [1.82, 2.24) is 15.3 Å². The predicted molar refractivity (Wildman–Crippen MR) is 138 cm³/mol. The molecule has 3 atom stereocenters. The first-order valence-corrected chi connectivity index (χ1v) is 12.9. The molecule has 4 heterocycles. The first-order valence-electron chi connectivity index (χ1n) is 12.5. The zero-order valence-corrected chi connectivity index (χ0v) is 20.9. The van der Waals surface area contributed by atoms with Gasteiger partial charge in [0.05, 0.1) is 47.1 Å². The number of aromatic nitrogens is 2. The fourth-order valence-corrected chi connectivity index (χ4v) is 5.94. The monoisotopic (exact) mass is 508 g/mol. The summed E-state index contributed by atoms with van der Waals surface area (Å²) in [7, 11) is 1.58. The minimum absolute atomic E-state index is 0.0771. The van der Waals surface area contributed by atoms with Gasteiger partial charge in [0.2, 0.25) is 0 Å².